The van der Waals surface area contributed by atoms with Gasteiger partial charge in [-0.15, -0.1) is 0 Å². The number of hydrogen-bond acceptors (Lipinski definition) is 2. The molecule has 1 N–H and O–H groups in total. The monoisotopic (exact) mass is 288 g/mol. The van der Waals surface area contributed by atoms with Gasteiger partial charge in [0.15, 0.2) is 0 Å². The van der Waals surface area contributed by atoms with Crippen molar-refractivity contribution in [1.82, 2.24) is 0 Å². The summed E-state index contributed by atoms with van der Waals surface area (Å²) in [5.74, 6) is 0.756. The molecular formula is C17H17ClO2. The predicted molar refractivity (Wildman–Crippen MR) is 80.5 cm³/mol. The van der Waals surface area contributed by atoms with E-state index in [9.17, 15) is 5.11 Å². The van der Waals surface area contributed by atoms with Crippen LogP contribution in [0.5, 0.6) is 5.75 Å². The van der Waals surface area contributed by atoms with E-state index in [1.807, 2.05) is 18.2 Å². The lowest BCUT2D eigenvalue weighted by atomic mass is 9.90. The van der Waals surface area contributed by atoms with Gasteiger partial charge in [-0.2, -0.15) is 0 Å². The second-order valence-electron chi connectivity index (χ2n) is 5.18. The number of aliphatic hydroxyl groups excluding tert-OH is 1. The van der Waals surface area contributed by atoms with Crippen LogP contribution >= 0.6 is 11.6 Å². The first-order chi connectivity index (χ1) is 9.70. The van der Waals surface area contributed by atoms with Crippen LogP contribution in [-0.4, -0.2) is 12.2 Å². The molecule has 3 rings (SSSR count). The highest BCUT2D eigenvalue weighted by molar-refractivity contribution is 6.32. The van der Waals surface area contributed by atoms with Crippen molar-refractivity contribution in [3.8, 4) is 5.75 Å². The standard InChI is InChI=1S/C17H17ClO2/c1-20-16-10-12(7-9-15(16)18)17(19)14-8-6-11-4-2-3-5-13(11)14/h2-5,7,9-10,14,17,19H,6,8H2,1H3. The topological polar surface area (TPSA) is 29.5 Å². The number of methoxy groups -OCH3 is 1. The number of rotatable bonds is 3. The van der Waals surface area contributed by atoms with Gasteiger partial charge in [-0.3, -0.25) is 0 Å². The molecule has 104 valence electrons. The third-order valence-electron chi connectivity index (χ3n) is 4.08. The van der Waals surface area contributed by atoms with Crippen LogP contribution in [-0.2, 0) is 6.42 Å². The van der Waals surface area contributed by atoms with Crippen molar-refractivity contribution in [2.45, 2.75) is 24.9 Å². The molecule has 0 saturated heterocycles. The molecule has 0 heterocycles. The summed E-state index contributed by atoms with van der Waals surface area (Å²) in [5.41, 5.74) is 3.46. The van der Waals surface area contributed by atoms with Crippen LogP contribution < -0.4 is 4.74 Å². The number of halogens is 1. The van der Waals surface area contributed by atoms with Crippen molar-refractivity contribution < 1.29 is 9.84 Å². The molecule has 0 amide bonds. The maximum absolute atomic E-state index is 10.7. The second-order valence-corrected chi connectivity index (χ2v) is 5.59. The number of aryl methyl sites for hydroxylation is 1. The molecule has 2 aromatic carbocycles. The van der Waals surface area contributed by atoms with E-state index in [-0.39, 0.29) is 5.92 Å². The average molecular weight is 289 g/mol. The summed E-state index contributed by atoms with van der Waals surface area (Å²) < 4.78 is 5.22. The summed E-state index contributed by atoms with van der Waals surface area (Å²) in [6.07, 6.45) is 1.48. The van der Waals surface area contributed by atoms with E-state index in [1.165, 1.54) is 11.1 Å². The van der Waals surface area contributed by atoms with Crippen molar-refractivity contribution in [1.29, 1.82) is 0 Å². The molecule has 0 saturated carbocycles. The van der Waals surface area contributed by atoms with Crippen LogP contribution in [0.1, 0.15) is 35.1 Å². The molecule has 1 aliphatic carbocycles. The minimum Gasteiger partial charge on any atom is -0.495 e. The molecule has 0 fully saturated rings. The van der Waals surface area contributed by atoms with Crippen LogP contribution in [0, 0.1) is 0 Å². The summed E-state index contributed by atoms with van der Waals surface area (Å²) in [5, 5.41) is 11.2. The molecule has 2 nitrogen and oxygen atoms in total. The molecule has 3 heteroatoms. The van der Waals surface area contributed by atoms with Gasteiger partial charge in [0, 0.05) is 5.92 Å². The van der Waals surface area contributed by atoms with E-state index in [0.29, 0.717) is 10.8 Å². The van der Waals surface area contributed by atoms with Gasteiger partial charge in [-0.05, 0) is 41.7 Å². The van der Waals surface area contributed by atoms with E-state index in [4.69, 9.17) is 16.3 Å². The highest BCUT2D eigenvalue weighted by Crippen LogP contribution is 2.42. The van der Waals surface area contributed by atoms with Crippen LogP contribution in [0.15, 0.2) is 42.5 Å². The SMILES string of the molecule is COc1cc(C(O)C2CCc3ccccc32)ccc1Cl. The van der Waals surface area contributed by atoms with Crippen LogP contribution in [0.2, 0.25) is 5.02 Å². The Morgan fingerprint density at radius 3 is 2.85 bits per heavy atom. The Morgan fingerprint density at radius 2 is 2.05 bits per heavy atom. The molecule has 0 aromatic heterocycles. The first kappa shape index (κ1) is 13.5. The van der Waals surface area contributed by atoms with Gasteiger partial charge in [-0.25, -0.2) is 0 Å². The van der Waals surface area contributed by atoms with Crippen molar-refractivity contribution in [2.75, 3.05) is 7.11 Å². The third-order valence-corrected chi connectivity index (χ3v) is 4.39. The zero-order chi connectivity index (χ0) is 14.1. The summed E-state index contributed by atoms with van der Waals surface area (Å²) in [6, 6.07) is 13.8. The number of ether oxygens (including phenoxy) is 1. The van der Waals surface area contributed by atoms with Gasteiger partial charge in [0.2, 0.25) is 0 Å². The van der Waals surface area contributed by atoms with E-state index in [0.717, 1.165) is 18.4 Å². The molecule has 2 atom stereocenters. The minimum atomic E-state index is -0.523. The Labute approximate surface area is 124 Å². The Hall–Kier alpha value is -1.51. The van der Waals surface area contributed by atoms with Gasteiger partial charge in [0.05, 0.1) is 18.2 Å². The Bertz CT molecular complexity index is 624. The van der Waals surface area contributed by atoms with E-state index < -0.39 is 6.10 Å². The first-order valence-corrected chi connectivity index (χ1v) is 7.18. The molecule has 20 heavy (non-hydrogen) atoms. The normalized spacial score (nSPS) is 18.6. The van der Waals surface area contributed by atoms with Gasteiger partial charge in [-0.1, -0.05) is 41.9 Å². The van der Waals surface area contributed by atoms with E-state index >= 15 is 0 Å². The average Bonchev–Trinajstić information content (AvgIpc) is 2.91. The fourth-order valence-electron chi connectivity index (χ4n) is 3.01. The van der Waals surface area contributed by atoms with E-state index in [2.05, 4.69) is 18.2 Å². The molecule has 0 bridgehead atoms. The molecule has 0 aliphatic heterocycles. The van der Waals surface area contributed by atoms with Crippen LogP contribution in [0.4, 0.5) is 0 Å². The fraction of sp³-hybridized carbons (Fsp3) is 0.294. The predicted octanol–water partition coefficient (Wildman–Crippen LogP) is 4.11. The summed E-state index contributed by atoms with van der Waals surface area (Å²) in [7, 11) is 1.59. The Kier molecular flexibility index (Phi) is 3.68. The summed E-state index contributed by atoms with van der Waals surface area (Å²) in [6.45, 7) is 0. The molecule has 0 spiro atoms. The summed E-state index contributed by atoms with van der Waals surface area (Å²) in [4.78, 5) is 0. The quantitative estimate of drug-likeness (QED) is 0.921. The van der Waals surface area contributed by atoms with Gasteiger partial charge in [0.1, 0.15) is 5.75 Å². The van der Waals surface area contributed by atoms with Crippen molar-refractivity contribution >= 4 is 11.6 Å². The highest BCUT2D eigenvalue weighted by atomic mass is 35.5. The number of hydrogen-bond donors (Lipinski definition) is 1. The lowest BCUT2D eigenvalue weighted by molar-refractivity contribution is 0.144. The van der Waals surface area contributed by atoms with Gasteiger partial charge < -0.3 is 9.84 Å². The number of fused-ring (bicyclic) bond motifs is 1. The van der Waals surface area contributed by atoms with Crippen molar-refractivity contribution in [3.63, 3.8) is 0 Å². The van der Waals surface area contributed by atoms with Crippen LogP contribution in [0.25, 0.3) is 0 Å². The lowest BCUT2D eigenvalue weighted by Crippen LogP contribution is -2.08. The third kappa shape index (κ3) is 2.30. The molecular weight excluding hydrogens is 272 g/mol. The molecule has 0 radical (unpaired) electrons. The molecule has 2 unspecified atom stereocenters. The van der Waals surface area contributed by atoms with Gasteiger partial charge >= 0.3 is 0 Å². The van der Waals surface area contributed by atoms with Crippen LogP contribution in [0.3, 0.4) is 0 Å². The largest absolute Gasteiger partial charge is 0.495 e. The molecule has 2 aromatic rings. The first-order valence-electron chi connectivity index (χ1n) is 6.80. The van der Waals surface area contributed by atoms with Crippen molar-refractivity contribution in [3.05, 3.63) is 64.2 Å². The zero-order valence-corrected chi connectivity index (χ0v) is 12.1. The smallest absolute Gasteiger partial charge is 0.137 e. The van der Waals surface area contributed by atoms with Crippen molar-refractivity contribution in [2.24, 2.45) is 0 Å². The summed E-state index contributed by atoms with van der Waals surface area (Å²) >= 11 is 6.04. The number of aliphatic hydroxyl groups is 1. The molecule has 1 aliphatic rings. The lowest BCUT2D eigenvalue weighted by Gasteiger charge is -2.20. The maximum atomic E-state index is 10.7. The zero-order valence-electron chi connectivity index (χ0n) is 11.3. The highest BCUT2D eigenvalue weighted by Gasteiger charge is 2.29. The maximum Gasteiger partial charge on any atom is 0.137 e. The van der Waals surface area contributed by atoms with Gasteiger partial charge in [0.25, 0.3) is 0 Å². The fourth-order valence-corrected chi connectivity index (χ4v) is 3.21. The Balaban J connectivity index is 1.92. The Morgan fingerprint density at radius 1 is 1.25 bits per heavy atom. The number of benzene rings is 2. The second kappa shape index (κ2) is 5.47. The minimum absolute atomic E-state index is 0.150. The van der Waals surface area contributed by atoms with E-state index in [1.54, 1.807) is 13.2 Å².